The molecule has 150 valence electrons. The number of nitrogens with zero attached hydrogens (tertiary/aromatic N) is 2. The Morgan fingerprint density at radius 1 is 0.967 bits per heavy atom. The highest BCUT2D eigenvalue weighted by Crippen LogP contribution is 2.37. The molecule has 3 aromatic carbocycles. The molecule has 0 aromatic heterocycles. The smallest absolute Gasteiger partial charge is 0.269 e. The van der Waals surface area contributed by atoms with Gasteiger partial charge in [0, 0.05) is 36.3 Å². The van der Waals surface area contributed by atoms with Crippen LogP contribution in [0.15, 0.2) is 78.9 Å². The number of benzene rings is 3. The van der Waals surface area contributed by atoms with Crippen molar-refractivity contribution in [1.29, 1.82) is 0 Å². The SMILES string of the molecule is O=C(NCCN1C(=O)c2ccccc2C1c1ccccc1)c1ccc([N+](=O)[O-])cc1. The molecule has 1 atom stereocenters. The van der Waals surface area contributed by atoms with Crippen LogP contribution in [-0.2, 0) is 0 Å². The zero-order chi connectivity index (χ0) is 21.1. The molecule has 1 N–H and O–H groups in total. The van der Waals surface area contributed by atoms with Crippen molar-refractivity contribution in [2.75, 3.05) is 13.1 Å². The van der Waals surface area contributed by atoms with Gasteiger partial charge in [-0.1, -0.05) is 48.5 Å². The Bertz CT molecular complexity index is 1100. The number of carbonyl (C=O) groups is 2. The van der Waals surface area contributed by atoms with Gasteiger partial charge in [-0.15, -0.1) is 0 Å². The third-order valence-electron chi connectivity index (χ3n) is 5.15. The molecule has 2 amide bonds. The van der Waals surface area contributed by atoms with Gasteiger partial charge in [-0.3, -0.25) is 19.7 Å². The summed E-state index contributed by atoms with van der Waals surface area (Å²) in [6.45, 7) is 0.602. The third kappa shape index (κ3) is 3.65. The zero-order valence-electron chi connectivity index (χ0n) is 16.0. The van der Waals surface area contributed by atoms with Crippen LogP contribution in [0.25, 0.3) is 0 Å². The lowest BCUT2D eigenvalue weighted by Crippen LogP contribution is -2.37. The topological polar surface area (TPSA) is 92.6 Å². The normalized spacial score (nSPS) is 15.0. The fourth-order valence-electron chi connectivity index (χ4n) is 3.72. The molecule has 7 heteroatoms. The second-order valence-corrected chi connectivity index (χ2v) is 6.96. The lowest BCUT2D eigenvalue weighted by Gasteiger charge is -2.26. The summed E-state index contributed by atoms with van der Waals surface area (Å²) in [7, 11) is 0. The van der Waals surface area contributed by atoms with Gasteiger partial charge in [0.25, 0.3) is 17.5 Å². The van der Waals surface area contributed by atoms with Crippen LogP contribution in [0.2, 0.25) is 0 Å². The van der Waals surface area contributed by atoms with Gasteiger partial charge < -0.3 is 10.2 Å². The highest BCUT2D eigenvalue weighted by Gasteiger charge is 2.36. The second-order valence-electron chi connectivity index (χ2n) is 6.96. The molecule has 4 rings (SSSR count). The van der Waals surface area contributed by atoms with E-state index in [9.17, 15) is 19.7 Å². The van der Waals surface area contributed by atoms with Crippen molar-refractivity contribution < 1.29 is 14.5 Å². The minimum atomic E-state index is -0.512. The number of nitro groups is 1. The van der Waals surface area contributed by atoms with E-state index in [1.54, 1.807) is 4.90 Å². The summed E-state index contributed by atoms with van der Waals surface area (Å²) in [4.78, 5) is 37.3. The molecule has 1 aliphatic rings. The summed E-state index contributed by atoms with van der Waals surface area (Å²) in [5.74, 6) is -0.408. The standard InChI is InChI=1S/C23H19N3O4/c27-22(17-10-12-18(13-11-17)26(29)30)24-14-15-25-21(16-6-2-1-3-7-16)19-8-4-5-9-20(19)23(25)28/h1-13,21H,14-15H2,(H,24,27). The van der Waals surface area contributed by atoms with Gasteiger partial charge in [0.05, 0.1) is 11.0 Å². The molecular formula is C23H19N3O4. The van der Waals surface area contributed by atoms with Crippen molar-refractivity contribution in [1.82, 2.24) is 10.2 Å². The number of hydrogen-bond donors (Lipinski definition) is 1. The van der Waals surface area contributed by atoms with Crippen LogP contribution in [-0.4, -0.2) is 34.7 Å². The Morgan fingerprint density at radius 2 is 1.63 bits per heavy atom. The third-order valence-corrected chi connectivity index (χ3v) is 5.15. The number of hydrogen-bond acceptors (Lipinski definition) is 4. The van der Waals surface area contributed by atoms with E-state index >= 15 is 0 Å². The van der Waals surface area contributed by atoms with E-state index in [4.69, 9.17) is 0 Å². The van der Waals surface area contributed by atoms with Crippen LogP contribution in [0.5, 0.6) is 0 Å². The molecule has 7 nitrogen and oxygen atoms in total. The first kappa shape index (κ1) is 19.3. The molecule has 3 aromatic rings. The maximum atomic E-state index is 13.0. The first-order valence-corrected chi connectivity index (χ1v) is 9.54. The molecule has 0 fully saturated rings. The minimum absolute atomic E-state index is 0.0657. The van der Waals surface area contributed by atoms with E-state index in [-0.39, 0.29) is 30.1 Å². The Kier molecular flexibility index (Phi) is 5.26. The highest BCUT2D eigenvalue weighted by molar-refractivity contribution is 6.00. The maximum absolute atomic E-state index is 13.0. The molecule has 0 saturated heterocycles. The van der Waals surface area contributed by atoms with Crippen LogP contribution in [0, 0.1) is 10.1 Å². The molecular weight excluding hydrogens is 382 g/mol. The molecule has 0 bridgehead atoms. The Labute approximate surface area is 173 Å². The predicted octanol–water partition coefficient (Wildman–Crippen LogP) is 3.57. The summed E-state index contributed by atoms with van der Waals surface area (Å²) in [5, 5.41) is 13.5. The number of nitro benzene ring substituents is 1. The molecule has 0 radical (unpaired) electrons. The molecule has 0 spiro atoms. The average Bonchev–Trinajstić information content (AvgIpc) is 3.06. The Morgan fingerprint density at radius 3 is 2.33 bits per heavy atom. The van der Waals surface area contributed by atoms with Crippen LogP contribution >= 0.6 is 0 Å². The van der Waals surface area contributed by atoms with Crippen molar-refractivity contribution in [3.63, 3.8) is 0 Å². The van der Waals surface area contributed by atoms with Gasteiger partial charge in [0.1, 0.15) is 0 Å². The van der Waals surface area contributed by atoms with E-state index in [1.807, 2.05) is 54.6 Å². The van der Waals surface area contributed by atoms with Gasteiger partial charge in [-0.05, 0) is 29.3 Å². The van der Waals surface area contributed by atoms with Crippen molar-refractivity contribution in [2.24, 2.45) is 0 Å². The first-order chi connectivity index (χ1) is 14.6. The quantitative estimate of drug-likeness (QED) is 0.505. The molecule has 1 heterocycles. The summed E-state index contributed by atoms with van der Waals surface area (Å²) in [6, 6.07) is 22.5. The van der Waals surface area contributed by atoms with Gasteiger partial charge in [0.2, 0.25) is 0 Å². The van der Waals surface area contributed by atoms with Crippen molar-refractivity contribution in [2.45, 2.75) is 6.04 Å². The van der Waals surface area contributed by atoms with E-state index in [0.717, 1.165) is 11.1 Å². The predicted molar refractivity (Wildman–Crippen MR) is 111 cm³/mol. The summed E-state index contributed by atoms with van der Waals surface area (Å²) in [5.41, 5.74) is 2.90. The molecule has 1 unspecified atom stereocenters. The molecule has 30 heavy (non-hydrogen) atoms. The largest absolute Gasteiger partial charge is 0.350 e. The van der Waals surface area contributed by atoms with Crippen LogP contribution in [0.3, 0.4) is 0 Å². The maximum Gasteiger partial charge on any atom is 0.269 e. The van der Waals surface area contributed by atoms with Crippen LogP contribution < -0.4 is 5.32 Å². The fraction of sp³-hybridized carbons (Fsp3) is 0.130. The highest BCUT2D eigenvalue weighted by atomic mass is 16.6. The molecule has 1 aliphatic heterocycles. The van der Waals surface area contributed by atoms with E-state index in [0.29, 0.717) is 17.7 Å². The Balaban J connectivity index is 1.47. The number of carbonyl (C=O) groups excluding carboxylic acids is 2. The fourth-order valence-corrected chi connectivity index (χ4v) is 3.72. The van der Waals surface area contributed by atoms with E-state index < -0.39 is 4.92 Å². The van der Waals surface area contributed by atoms with Crippen molar-refractivity contribution in [3.05, 3.63) is 111 Å². The second kappa shape index (κ2) is 8.16. The van der Waals surface area contributed by atoms with E-state index in [1.165, 1.54) is 24.3 Å². The van der Waals surface area contributed by atoms with Gasteiger partial charge in [0.15, 0.2) is 0 Å². The lowest BCUT2D eigenvalue weighted by atomic mass is 9.98. The zero-order valence-corrected chi connectivity index (χ0v) is 16.0. The van der Waals surface area contributed by atoms with Crippen LogP contribution in [0.4, 0.5) is 5.69 Å². The minimum Gasteiger partial charge on any atom is -0.350 e. The number of fused-ring (bicyclic) bond motifs is 1. The first-order valence-electron chi connectivity index (χ1n) is 9.54. The van der Waals surface area contributed by atoms with E-state index in [2.05, 4.69) is 5.32 Å². The Hall–Kier alpha value is -4.00. The van der Waals surface area contributed by atoms with Crippen molar-refractivity contribution >= 4 is 17.5 Å². The average molecular weight is 401 g/mol. The van der Waals surface area contributed by atoms with Crippen LogP contribution in [0.1, 0.15) is 37.9 Å². The van der Waals surface area contributed by atoms with Gasteiger partial charge >= 0.3 is 0 Å². The number of rotatable bonds is 6. The molecule has 0 aliphatic carbocycles. The summed E-state index contributed by atoms with van der Waals surface area (Å²) in [6.07, 6.45) is 0. The van der Waals surface area contributed by atoms with Gasteiger partial charge in [-0.2, -0.15) is 0 Å². The molecule has 0 saturated carbocycles. The summed E-state index contributed by atoms with van der Waals surface area (Å²) < 4.78 is 0. The summed E-state index contributed by atoms with van der Waals surface area (Å²) >= 11 is 0. The monoisotopic (exact) mass is 401 g/mol. The number of non-ortho nitro benzene ring substituents is 1. The number of amides is 2. The van der Waals surface area contributed by atoms with Crippen molar-refractivity contribution in [3.8, 4) is 0 Å². The van der Waals surface area contributed by atoms with Gasteiger partial charge in [-0.25, -0.2) is 0 Å². The lowest BCUT2D eigenvalue weighted by molar-refractivity contribution is -0.384. The number of nitrogens with one attached hydrogen (secondary N) is 1.